The summed E-state index contributed by atoms with van der Waals surface area (Å²) in [5, 5.41) is 9.19. The van der Waals surface area contributed by atoms with Crippen LogP contribution in [-0.2, 0) is 5.41 Å². The lowest BCUT2D eigenvalue weighted by molar-refractivity contribution is 0.411. The largest absolute Gasteiger partial charge is 0.306 e. The van der Waals surface area contributed by atoms with Gasteiger partial charge in [-0.05, 0) is 50.9 Å². The van der Waals surface area contributed by atoms with E-state index in [1.165, 1.54) is 18.5 Å². The zero-order chi connectivity index (χ0) is 12.5. The molecular formula is C15H20N2. The van der Waals surface area contributed by atoms with Crippen LogP contribution in [0.25, 0.3) is 0 Å². The van der Waals surface area contributed by atoms with E-state index in [1.807, 2.05) is 13.8 Å². The van der Waals surface area contributed by atoms with Gasteiger partial charge in [-0.1, -0.05) is 24.3 Å². The van der Waals surface area contributed by atoms with Gasteiger partial charge in [-0.15, -0.1) is 0 Å². The molecule has 2 rings (SSSR count). The van der Waals surface area contributed by atoms with Gasteiger partial charge in [0.05, 0.1) is 11.5 Å². The van der Waals surface area contributed by atoms with E-state index in [0.29, 0.717) is 5.92 Å². The molecule has 1 aromatic rings. The first-order valence-electron chi connectivity index (χ1n) is 6.23. The number of nitrogens with zero attached hydrogens (tertiary/aromatic N) is 2. The second kappa shape index (κ2) is 4.50. The van der Waals surface area contributed by atoms with Gasteiger partial charge in [-0.2, -0.15) is 5.26 Å². The summed E-state index contributed by atoms with van der Waals surface area (Å²) >= 11 is 0. The topological polar surface area (TPSA) is 27.0 Å². The van der Waals surface area contributed by atoms with Gasteiger partial charge in [0.2, 0.25) is 0 Å². The first-order valence-corrected chi connectivity index (χ1v) is 6.23. The molecule has 90 valence electrons. The van der Waals surface area contributed by atoms with E-state index >= 15 is 0 Å². The van der Waals surface area contributed by atoms with E-state index in [-0.39, 0.29) is 5.41 Å². The van der Waals surface area contributed by atoms with Crippen LogP contribution in [0.1, 0.15) is 37.3 Å². The summed E-state index contributed by atoms with van der Waals surface area (Å²) in [7, 11) is 2.17. The molecule has 1 aliphatic heterocycles. The predicted molar refractivity (Wildman–Crippen MR) is 69.9 cm³/mol. The summed E-state index contributed by atoms with van der Waals surface area (Å²) in [6.07, 6.45) is 1.23. The van der Waals surface area contributed by atoms with E-state index < -0.39 is 0 Å². The van der Waals surface area contributed by atoms with Gasteiger partial charge in [0, 0.05) is 6.54 Å². The van der Waals surface area contributed by atoms with Crippen LogP contribution >= 0.6 is 0 Å². The Kier molecular flexibility index (Phi) is 3.22. The number of rotatable bonds is 2. The zero-order valence-electron chi connectivity index (χ0n) is 10.9. The van der Waals surface area contributed by atoms with Crippen LogP contribution in [0.5, 0.6) is 0 Å². The molecule has 1 unspecified atom stereocenters. The number of benzene rings is 1. The van der Waals surface area contributed by atoms with Crippen molar-refractivity contribution in [1.82, 2.24) is 4.90 Å². The van der Waals surface area contributed by atoms with Crippen molar-refractivity contribution in [2.75, 3.05) is 20.1 Å². The molecular weight excluding hydrogens is 208 g/mol. The number of nitriles is 1. The maximum absolute atomic E-state index is 9.19. The number of hydrogen-bond donors (Lipinski definition) is 0. The Morgan fingerprint density at radius 3 is 2.76 bits per heavy atom. The highest BCUT2D eigenvalue weighted by Crippen LogP contribution is 2.30. The van der Waals surface area contributed by atoms with Gasteiger partial charge < -0.3 is 4.90 Å². The fourth-order valence-corrected chi connectivity index (χ4v) is 2.45. The minimum Gasteiger partial charge on any atom is -0.306 e. The highest BCUT2D eigenvalue weighted by atomic mass is 15.1. The quantitative estimate of drug-likeness (QED) is 0.778. The third-order valence-corrected chi connectivity index (χ3v) is 3.75. The van der Waals surface area contributed by atoms with Crippen molar-refractivity contribution in [3.8, 4) is 6.07 Å². The maximum Gasteiger partial charge on any atom is 0.0766 e. The Labute approximate surface area is 104 Å². The van der Waals surface area contributed by atoms with Crippen molar-refractivity contribution in [3.05, 3.63) is 35.4 Å². The molecule has 2 nitrogen and oxygen atoms in total. The molecule has 0 aromatic heterocycles. The average molecular weight is 228 g/mol. The van der Waals surface area contributed by atoms with Crippen LogP contribution < -0.4 is 0 Å². The molecule has 0 saturated carbocycles. The average Bonchev–Trinajstić information content (AvgIpc) is 2.76. The van der Waals surface area contributed by atoms with Crippen LogP contribution in [0.15, 0.2) is 24.3 Å². The molecule has 1 fully saturated rings. The van der Waals surface area contributed by atoms with Crippen LogP contribution in [0.2, 0.25) is 0 Å². The predicted octanol–water partition coefficient (Wildman–Crippen LogP) is 2.91. The lowest BCUT2D eigenvalue weighted by Gasteiger charge is -2.18. The van der Waals surface area contributed by atoms with Crippen LogP contribution in [0.4, 0.5) is 0 Å². The number of hydrogen-bond acceptors (Lipinski definition) is 2. The standard InChI is InChI=1S/C15H20N2/c1-15(2,11-16)14-6-4-5-12(9-14)13-7-8-17(3)10-13/h4-6,9,13H,7-8,10H2,1-3H3. The fourth-order valence-electron chi connectivity index (χ4n) is 2.45. The van der Waals surface area contributed by atoms with E-state index in [2.05, 4.69) is 42.3 Å². The number of likely N-dealkylation sites (N-methyl/N-ethyl adjacent to an activating group) is 1. The lowest BCUT2D eigenvalue weighted by atomic mass is 9.84. The van der Waals surface area contributed by atoms with Gasteiger partial charge in [0.1, 0.15) is 0 Å². The Morgan fingerprint density at radius 2 is 2.18 bits per heavy atom. The van der Waals surface area contributed by atoms with E-state index in [4.69, 9.17) is 0 Å². The minimum atomic E-state index is -0.388. The molecule has 2 heteroatoms. The molecule has 0 radical (unpaired) electrons. The van der Waals surface area contributed by atoms with E-state index in [1.54, 1.807) is 0 Å². The Balaban J connectivity index is 2.27. The monoisotopic (exact) mass is 228 g/mol. The second-order valence-corrected chi connectivity index (χ2v) is 5.61. The van der Waals surface area contributed by atoms with Crippen LogP contribution in [0.3, 0.4) is 0 Å². The normalized spacial score (nSPS) is 21.4. The van der Waals surface area contributed by atoms with Crippen molar-refractivity contribution in [2.24, 2.45) is 0 Å². The summed E-state index contributed by atoms with van der Waals surface area (Å²) in [5.41, 5.74) is 2.13. The number of likely N-dealkylation sites (tertiary alicyclic amines) is 1. The summed E-state index contributed by atoms with van der Waals surface area (Å²) in [5.74, 6) is 0.634. The molecule has 0 aliphatic carbocycles. The van der Waals surface area contributed by atoms with Gasteiger partial charge in [0.15, 0.2) is 0 Å². The molecule has 0 bridgehead atoms. The fraction of sp³-hybridized carbons (Fsp3) is 0.533. The van der Waals surface area contributed by atoms with E-state index in [9.17, 15) is 5.26 Å². The smallest absolute Gasteiger partial charge is 0.0766 e. The van der Waals surface area contributed by atoms with Crippen molar-refractivity contribution in [1.29, 1.82) is 5.26 Å². The zero-order valence-corrected chi connectivity index (χ0v) is 10.9. The second-order valence-electron chi connectivity index (χ2n) is 5.61. The highest BCUT2D eigenvalue weighted by Gasteiger charge is 2.24. The van der Waals surface area contributed by atoms with Crippen molar-refractivity contribution >= 4 is 0 Å². The Hall–Kier alpha value is -1.33. The molecule has 0 spiro atoms. The highest BCUT2D eigenvalue weighted by molar-refractivity contribution is 5.35. The van der Waals surface area contributed by atoms with Gasteiger partial charge in [-0.25, -0.2) is 0 Å². The minimum absolute atomic E-state index is 0.388. The van der Waals surface area contributed by atoms with Gasteiger partial charge >= 0.3 is 0 Å². The Morgan fingerprint density at radius 1 is 1.41 bits per heavy atom. The van der Waals surface area contributed by atoms with Crippen molar-refractivity contribution in [2.45, 2.75) is 31.6 Å². The molecule has 1 aromatic carbocycles. The third-order valence-electron chi connectivity index (χ3n) is 3.75. The summed E-state index contributed by atoms with van der Waals surface area (Å²) in [6.45, 7) is 6.27. The maximum atomic E-state index is 9.19. The SMILES string of the molecule is CN1CCC(c2cccc(C(C)(C)C#N)c2)C1. The molecule has 17 heavy (non-hydrogen) atoms. The molecule has 0 amide bonds. The molecule has 1 aliphatic rings. The van der Waals surface area contributed by atoms with Crippen LogP contribution in [-0.4, -0.2) is 25.0 Å². The summed E-state index contributed by atoms with van der Waals surface area (Å²) in [6, 6.07) is 10.9. The van der Waals surface area contributed by atoms with Gasteiger partial charge in [0.25, 0.3) is 0 Å². The molecule has 1 saturated heterocycles. The first kappa shape index (κ1) is 12.1. The van der Waals surface area contributed by atoms with Crippen LogP contribution in [0, 0.1) is 11.3 Å². The molecule has 0 N–H and O–H groups in total. The van der Waals surface area contributed by atoms with Crippen molar-refractivity contribution < 1.29 is 0 Å². The summed E-state index contributed by atoms with van der Waals surface area (Å²) < 4.78 is 0. The molecule has 1 heterocycles. The Bertz CT molecular complexity index is 442. The first-order chi connectivity index (χ1) is 8.03. The van der Waals surface area contributed by atoms with E-state index in [0.717, 1.165) is 12.1 Å². The summed E-state index contributed by atoms with van der Waals surface area (Å²) in [4.78, 5) is 2.37. The van der Waals surface area contributed by atoms with Crippen molar-refractivity contribution in [3.63, 3.8) is 0 Å². The third kappa shape index (κ3) is 2.50. The lowest BCUT2D eigenvalue weighted by Crippen LogP contribution is -2.15. The molecule has 1 atom stereocenters. The van der Waals surface area contributed by atoms with Gasteiger partial charge in [-0.3, -0.25) is 0 Å².